The first-order valence-corrected chi connectivity index (χ1v) is 7.88. The van der Waals surface area contributed by atoms with Gasteiger partial charge in [0.15, 0.2) is 0 Å². The predicted molar refractivity (Wildman–Crippen MR) is 70.2 cm³/mol. The summed E-state index contributed by atoms with van der Waals surface area (Å²) in [6, 6.07) is 4.23. The van der Waals surface area contributed by atoms with E-state index in [1.807, 2.05) is 0 Å². The first kappa shape index (κ1) is 16.3. The number of hydrogen-bond acceptors (Lipinski definition) is 3. The molecule has 0 bridgehead atoms. The molecule has 8 heteroatoms. The lowest BCUT2D eigenvalue weighted by Crippen LogP contribution is -2.48. The number of benzene rings is 1. The van der Waals surface area contributed by atoms with Crippen molar-refractivity contribution < 1.29 is 26.3 Å². The van der Waals surface area contributed by atoms with Crippen LogP contribution in [0.1, 0.15) is 19.4 Å². The number of halogens is 3. The van der Waals surface area contributed by atoms with E-state index in [1.165, 1.54) is 12.1 Å². The summed E-state index contributed by atoms with van der Waals surface area (Å²) in [4.78, 5) is -0.709. The summed E-state index contributed by atoms with van der Waals surface area (Å²) < 4.78 is 70.5. The molecule has 1 saturated heterocycles. The van der Waals surface area contributed by atoms with E-state index >= 15 is 0 Å². The van der Waals surface area contributed by atoms with E-state index in [-0.39, 0.29) is 25.3 Å². The molecular formula is C13H16F3NO3S. The summed E-state index contributed by atoms with van der Waals surface area (Å²) >= 11 is 0. The van der Waals surface area contributed by atoms with Gasteiger partial charge in [0.05, 0.1) is 22.7 Å². The van der Waals surface area contributed by atoms with Crippen LogP contribution in [0.4, 0.5) is 13.2 Å². The first-order valence-electron chi connectivity index (χ1n) is 6.44. The number of rotatable bonds is 2. The van der Waals surface area contributed by atoms with Crippen LogP contribution >= 0.6 is 0 Å². The van der Waals surface area contributed by atoms with Crippen molar-refractivity contribution in [2.24, 2.45) is 0 Å². The Labute approximate surface area is 121 Å². The molecule has 0 saturated carbocycles. The van der Waals surface area contributed by atoms with Gasteiger partial charge >= 0.3 is 6.18 Å². The summed E-state index contributed by atoms with van der Waals surface area (Å²) in [6.07, 6.45) is -5.43. The van der Waals surface area contributed by atoms with Gasteiger partial charge < -0.3 is 4.74 Å². The van der Waals surface area contributed by atoms with Crippen LogP contribution in [0.15, 0.2) is 29.2 Å². The smallest absolute Gasteiger partial charge is 0.373 e. The van der Waals surface area contributed by atoms with Crippen molar-refractivity contribution in [3.05, 3.63) is 29.8 Å². The summed E-state index contributed by atoms with van der Waals surface area (Å²) in [5.74, 6) is 0. The molecule has 1 aliphatic rings. The zero-order valence-corrected chi connectivity index (χ0v) is 12.4. The zero-order chi connectivity index (χ0) is 15.8. The van der Waals surface area contributed by atoms with E-state index in [0.717, 1.165) is 16.4 Å². The quantitative estimate of drug-likeness (QED) is 0.840. The van der Waals surface area contributed by atoms with Crippen LogP contribution in [-0.2, 0) is 20.9 Å². The number of nitrogens with zero attached hydrogens (tertiary/aromatic N) is 1. The van der Waals surface area contributed by atoms with Gasteiger partial charge in [-0.25, -0.2) is 8.42 Å². The minimum atomic E-state index is -4.72. The summed E-state index contributed by atoms with van der Waals surface area (Å²) in [7, 11) is -4.21. The van der Waals surface area contributed by atoms with Gasteiger partial charge in [0.25, 0.3) is 0 Å². The van der Waals surface area contributed by atoms with Crippen LogP contribution in [0.25, 0.3) is 0 Å². The molecule has 1 aromatic rings. The Bertz CT molecular complexity index is 605. The fourth-order valence-electron chi connectivity index (χ4n) is 2.39. The number of morpholine rings is 1. The van der Waals surface area contributed by atoms with Crippen molar-refractivity contribution in [1.82, 2.24) is 4.31 Å². The standard InChI is InChI=1S/C13H16F3NO3S/c1-9-7-17(8-10(2)20-9)21(18,19)12-6-4-3-5-11(12)13(14,15)16/h3-6,9-10H,7-8H2,1-2H3/t9-,10-/m0/s1. The summed E-state index contributed by atoms with van der Waals surface area (Å²) in [6.45, 7) is 3.46. The number of sulfonamides is 1. The lowest BCUT2D eigenvalue weighted by atomic mass is 10.2. The average Bonchev–Trinajstić information content (AvgIpc) is 2.36. The highest BCUT2D eigenvalue weighted by atomic mass is 32.2. The highest BCUT2D eigenvalue weighted by Gasteiger charge is 2.40. The summed E-state index contributed by atoms with van der Waals surface area (Å²) in [5.41, 5.74) is -1.14. The van der Waals surface area contributed by atoms with E-state index in [4.69, 9.17) is 4.74 Å². The van der Waals surface area contributed by atoms with Crippen molar-refractivity contribution in [3.8, 4) is 0 Å². The van der Waals surface area contributed by atoms with E-state index in [9.17, 15) is 21.6 Å². The topological polar surface area (TPSA) is 46.6 Å². The number of alkyl halides is 3. The highest BCUT2D eigenvalue weighted by molar-refractivity contribution is 7.89. The summed E-state index contributed by atoms with van der Waals surface area (Å²) in [5, 5.41) is 0. The van der Waals surface area contributed by atoms with Crippen molar-refractivity contribution in [1.29, 1.82) is 0 Å². The molecule has 1 aliphatic heterocycles. The molecule has 0 N–H and O–H groups in total. The SMILES string of the molecule is C[C@H]1CN(S(=O)(=O)c2ccccc2C(F)(F)F)C[C@H](C)O1. The maximum absolute atomic E-state index is 13.0. The molecular weight excluding hydrogens is 307 g/mol. The minimum absolute atomic E-state index is 0.0405. The third-order valence-electron chi connectivity index (χ3n) is 3.20. The first-order chi connectivity index (χ1) is 9.62. The van der Waals surface area contributed by atoms with Crippen LogP contribution < -0.4 is 0 Å². The molecule has 0 aromatic heterocycles. The van der Waals surface area contributed by atoms with Gasteiger partial charge in [-0.1, -0.05) is 12.1 Å². The Morgan fingerprint density at radius 1 is 1.14 bits per heavy atom. The molecule has 4 nitrogen and oxygen atoms in total. The van der Waals surface area contributed by atoms with Gasteiger partial charge in [-0.15, -0.1) is 0 Å². The van der Waals surface area contributed by atoms with Gasteiger partial charge in [0.1, 0.15) is 0 Å². The third kappa shape index (κ3) is 3.38. The average molecular weight is 323 g/mol. The molecule has 1 fully saturated rings. The molecule has 1 heterocycles. The molecule has 2 rings (SSSR count). The second kappa shape index (κ2) is 5.58. The maximum atomic E-state index is 13.0. The Balaban J connectivity index is 2.45. The molecule has 1 aromatic carbocycles. The van der Waals surface area contributed by atoms with Gasteiger partial charge in [-0.3, -0.25) is 0 Å². The van der Waals surface area contributed by atoms with Gasteiger partial charge in [-0.2, -0.15) is 17.5 Å². The van der Waals surface area contributed by atoms with E-state index in [0.29, 0.717) is 0 Å². The van der Waals surface area contributed by atoms with Crippen LogP contribution in [0.5, 0.6) is 0 Å². The van der Waals surface area contributed by atoms with E-state index in [2.05, 4.69) is 0 Å². The van der Waals surface area contributed by atoms with Gasteiger partial charge in [0, 0.05) is 13.1 Å². The molecule has 118 valence electrons. The van der Waals surface area contributed by atoms with Crippen molar-refractivity contribution in [3.63, 3.8) is 0 Å². The van der Waals surface area contributed by atoms with Crippen molar-refractivity contribution >= 4 is 10.0 Å². The fraction of sp³-hybridized carbons (Fsp3) is 0.538. The molecule has 21 heavy (non-hydrogen) atoms. The Morgan fingerprint density at radius 3 is 2.19 bits per heavy atom. The second-order valence-corrected chi connectivity index (χ2v) is 6.98. The normalized spacial score (nSPS) is 25.0. The molecule has 0 radical (unpaired) electrons. The van der Waals surface area contributed by atoms with Crippen LogP contribution in [0.2, 0.25) is 0 Å². The number of ether oxygens (including phenoxy) is 1. The van der Waals surface area contributed by atoms with Crippen molar-refractivity contribution in [2.75, 3.05) is 13.1 Å². The molecule has 0 aliphatic carbocycles. The molecule has 0 spiro atoms. The Morgan fingerprint density at radius 2 is 1.67 bits per heavy atom. The van der Waals surface area contributed by atoms with E-state index < -0.39 is 26.7 Å². The molecule has 2 atom stereocenters. The monoisotopic (exact) mass is 323 g/mol. The lowest BCUT2D eigenvalue weighted by molar-refractivity contribution is -0.140. The second-order valence-electron chi connectivity index (χ2n) is 5.07. The van der Waals surface area contributed by atoms with Crippen LogP contribution in [0, 0.1) is 0 Å². The van der Waals surface area contributed by atoms with Gasteiger partial charge in [0.2, 0.25) is 10.0 Å². The molecule has 0 amide bonds. The maximum Gasteiger partial charge on any atom is 0.417 e. The van der Waals surface area contributed by atoms with Crippen LogP contribution in [-0.4, -0.2) is 38.0 Å². The zero-order valence-electron chi connectivity index (χ0n) is 11.6. The van der Waals surface area contributed by atoms with E-state index in [1.54, 1.807) is 13.8 Å². The highest BCUT2D eigenvalue weighted by Crippen LogP contribution is 2.35. The van der Waals surface area contributed by atoms with Crippen LogP contribution in [0.3, 0.4) is 0 Å². The minimum Gasteiger partial charge on any atom is -0.373 e. The lowest BCUT2D eigenvalue weighted by Gasteiger charge is -2.34. The fourth-order valence-corrected chi connectivity index (χ4v) is 4.19. The Kier molecular flexibility index (Phi) is 4.32. The third-order valence-corrected chi connectivity index (χ3v) is 5.09. The Hall–Kier alpha value is -1.12. The largest absolute Gasteiger partial charge is 0.417 e. The predicted octanol–water partition coefficient (Wildman–Crippen LogP) is 2.50. The number of hydrogen-bond donors (Lipinski definition) is 0. The van der Waals surface area contributed by atoms with Gasteiger partial charge in [-0.05, 0) is 26.0 Å². The van der Waals surface area contributed by atoms with Crippen molar-refractivity contribution in [2.45, 2.75) is 37.1 Å². The molecule has 0 unspecified atom stereocenters.